The lowest BCUT2D eigenvalue weighted by Gasteiger charge is -2.31. The van der Waals surface area contributed by atoms with Crippen molar-refractivity contribution in [2.24, 2.45) is 11.5 Å². The summed E-state index contributed by atoms with van der Waals surface area (Å²) >= 11 is 0. The number of nitrogens with one attached hydrogen (secondary N) is 3. The van der Waals surface area contributed by atoms with E-state index in [1.807, 2.05) is 24.3 Å². The molecular weight excluding hydrogens is 552 g/mol. The second-order valence-corrected chi connectivity index (χ2v) is 12.4. The summed E-state index contributed by atoms with van der Waals surface area (Å²) in [5.74, 6) is -0.821. The largest absolute Gasteiger partial charge is 0.384 e. The van der Waals surface area contributed by atoms with Crippen molar-refractivity contribution in [1.82, 2.24) is 14.9 Å². The molecule has 0 aromatic heterocycles. The molecule has 0 saturated carbocycles. The van der Waals surface area contributed by atoms with Crippen LogP contribution in [0.15, 0.2) is 71.6 Å². The van der Waals surface area contributed by atoms with Crippen LogP contribution in [0.2, 0.25) is 0 Å². The van der Waals surface area contributed by atoms with Crippen LogP contribution in [-0.2, 0) is 26.0 Å². The Morgan fingerprint density at radius 2 is 1.60 bits per heavy atom. The minimum atomic E-state index is -4.05. The Hall–Kier alpha value is -3.80. The Morgan fingerprint density at radius 1 is 0.905 bits per heavy atom. The molecule has 0 bridgehead atoms. The number of nitrogen functional groups attached to an aromatic ring is 1. The minimum absolute atomic E-state index is 0.0596. The van der Waals surface area contributed by atoms with Gasteiger partial charge in [0.1, 0.15) is 17.9 Å². The van der Waals surface area contributed by atoms with E-state index in [0.29, 0.717) is 38.0 Å². The summed E-state index contributed by atoms with van der Waals surface area (Å²) in [6, 6.07) is 17.3. The van der Waals surface area contributed by atoms with Crippen LogP contribution in [0.25, 0.3) is 10.8 Å². The molecule has 11 heteroatoms. The molecule has 1 aliphatic heterocycles. The third-order valence-electron chi connectivity index (χ3n) is 7.58. The second-order valence-electron chi connectivity index (χ2n) is 10.7. The first kappa shape index (κ1) is 31.1. The van der Waals surface area contributed by atoms with Gasteiger partial charge in [-0.2, -0.15) is 4.72 Å². The third kappa shape index (κ3) is 8.15. The van der Waals surface area contributed by atoms with Gasteiger partial charge in [0.2, 0.25) is 21.8 Å². The number of amides is 2. The first-order chi connectivity index (χ1) is 20.2. The van der Waals surface area contributed by atoms with Gasteiger partial charge in [-0.15, -0.1) is 0 Å². The number of carbonyl (C=O) groups excluding carboxylic acids is 2. The van der Waals surface area contributed by atoms with E-state index >= 15 is 0 Å². The van der Waals surface area contributed by atoms with Crippen LogP contribution < -0.4 is 21.5 Å². The van der Waals surface area contributed by atoms with Gasteiger partial charge in [-0.1, -0.05) is 61.0 Å². The molecule has 0 unspecified atom stereocenters. The Kier molecular flexibility index (Phi) is 10.7. The van der Waals surface area contributed by atoms with Crippen molar-refractivity contribution < 1.29 is 18.0 Å². The van der Waals surface area contributed by atoms with Crippen LogP contribution >= 0.6 is 0 Å². The van der Waals surface area contributed by atoms with Gasteiger partial charge in [0.05, 0.1) is 4.90 Å². The van der Waals surface area contributed by atoms with Gasteiger partial charge < -0.3 is 21.7 Å². The first-order valence-corrected chi connectivity index (χ1v) is 15.9. The number of hydrogen-bond donors (Lipinski definition) is 5. The van der Waals surface area contributed by atoms with Crippen LogP contribution in [-0.4, -0.2) is 62.7 Å². The van der Waals surface area contributed by atoms with Crippen molar-refractivity contribution in [1.29, 1.82) is 5.41 Å². The highest BCUT2D eigenvalue weighted by atomic mass is 32.2. The fourth-order valence-corrected chi connectivity index (χ4v) is 6.45. The monoisotopic (exact) mass is 592 g/mol. The van der Waals surface area contributed by atoms with Gasteiger partial charge in [-0.05, 0) is 67.1 Å². The van der Waals surface area contributed by atoms with Gasteiger partial charge in [-0.3, -0.25) is 15.0 Å². The van der Waals surface area contributed by atoms with E-state index < -0.39 is 28.0 Å². The number of carbonyl (C=O) groups is 2. The van der Waals surface area contributed by atoms with Crippen LogP contribution in [0.4, 0.5) is 0 Å². The Morgan fingerprint density at radius 3 is 2.26 bits per heavy atom. The molecule has 3 aromatic carbocycles. The van der Waals surface area contributed by atoms with E-state index in [-0.39, 0.29) is 29.5 Å². The fourth-order valence-electron chi connectivity index (χ4n) is 5.19. The number of benzene rings is 3. The van der Waals surface area contributed by atoms with Gasteiger partial charge in [0.15, 0.2) is 0 Å². The average molecular weight is 593 g/mol. The number of unbranched alkanes of at least 4 members (excludes halogenated alkanes) is 1. The molecule has 10 nitrogen and oxygen atoms in total. The highest BCUT2D eigenvalue weighted by molar-refractivity contribution is 7.89. The molecule has 0 aliphatic carbocycles. The number of hydrogen-bond acceptors (Lipinski definition) is 6. The molecule has 3 aromatic rings. The smallest absolute Gasteiger partial charge is 0.245 e. The van der Waals surface area contributed by atoms with E-state index in [0.717, 1.165) is 35.6 Å². The molecule has 1 saturated heterocycles. The number of sulfonamides is 1. The van der Waals surface area contributed by atoms with Crippen molar-refractivity contribution in [3.63, 3.8) is 0 Å². The van der Waals surface area contributed by atoms with Gasteiger partial charge in [-0.25, -0.2) is 8.42 Å². The molecule has 1 aliphatic rings. The highest BCUT2D eigenvalue weighted by Gasteiger charge is 2.32. The van der Waals surface area contributed by atoms with Gasteiger partial charge in [0.25, 0.3) is 0 Å². The maximum absolute atomic E-state index is 13.7. The maximum atomic E-state index is 13.7. The topological polar surface area (TPSA) is 171 Å². The van der Waals surface area contributed by atoms with Crippen molar-refractivity contribution in [2.75, 3.05) is 19.6 Å². The molecule has 42 heavy (non-hydrogen) atoms. The fraction of sp³-hybridized carbons (Fsp3) is 0.387. The molecule has 0 radical (unpaired) electrons. The summed E-state index contributed by atoms with van der Waals surface area (Å²) in [6.07, 6.45) is 4.44. The molecular formula is C31H40N6O4S. The summed E-state index contributed by atoms with van der Waals surface area (Å²) < 4.78 is 29.5. The summed E-state index contributed by atoms with van der Waals surface area (Å²) in [4.78, 5) is 29.2. The predicted octanol–water partition coefficient (Wildman–Crippen LogP) is 2.64. The number of amidine groups is 1. The van der Waals surface area contributed by atoms with E-state index in [4.69, 9.17) is 16.9 Å². The number of fused-ring (bicyclic) bond motifs is 1. The minimum Gasteiger partial charge on any atom is -0.384 e. The standard InChI is InChI=1S/C31H40N6O4S/c32-17-5-4-10-27(36-42(40,41)26-16-15-23-8-2-3-9-25(23)21-26)30(38)35-28(31(39)37-18-6-1-7-19-37)20-22-11-13-24(14-12-22)29(33)34/h2-3,8-9,11-16,21,27-28,36H,1,4-7,10,17-20,32H2,(H3,33,34)(H,35,38)/t27-,28-/m1/s1. The van der Waals surface area contributed by atoms with Crippen LogP contribution in [0.5, 0.6) is 0 Å². The normalized spacial score (nSPS) is 15.2. The molecule has 2 amide bonds. The van der Waals surface area contributed by atoms with E-state index in [1.165, 1.54) is 6.07 Å². The van der Waals surface area contributed by atoms with E-state index in [1.54, 1.807) is 41.3 Å². The van der Waals surface area contributed by atoms with Crippen molar-refractivity contribution in [3.8, 4) is 0 Å². The summed E-state index contributed by atoms with van der Waals surface area (Å²) in [5.41, 5.74) is 12.6. The zero-order valence-electron chi connectivity index (χ0n) is 23.7. The van der Waals surface area contributed by atoms with E-state index in [9.17, 15) is 18.0 Å². The first-order valence-electron chi connectivity index (χ1n) is 14.4. The van der Waals surface area contributed by atoms with Gasteiger partial charge >= 0.3 is 0 Å². The summed E-state index contributed by atoms with van der Waals surface area (Å²) in [7, 11) is -4.05. The number of likely N-dealkylation sites (tertiary alicyclic amines) is 1. The molecule has 0 spiro atoms. The lowest BCUT2D eigenvalue weighted by atomic mass is 10.0. The maximum Gasteiger partial charge on any atom is 0.245 e. The number of nitrogens with zero attached hydrogens (tertiary/aromatic N) is 1. The molecule has 1 fully saturated rings. The quantitative estimate of drug-likeness (QED) is 0.116. The summed E-state index contributed by atoms with van der Waals surface area (Å²) in [6.45, 7) is 1.64. The average Bonchev–Trinajstić information content (AvgIpc) is 3.00. The Bertz CT molecular complexity index is 1500. The van der Waals surface area contributed by atoms with Crippen LogP contribution in [0.1, 0.15) is 49.7 Å². The zero-order chi connectivity index (χ0) is 30.1. The predicted molar refractivity (Wildman–Crippen MR) is 164 cm³/mol. The van der Waals surface area contributed by atoms with Gasteiger partial charge in [0, 0.05) is 25.1 Å². The molecule has 7 N–H and O–H groups in total. The second kappa shape index (κ2) is 14.4. The van der Waals surface area contributed by atoms with Crippen LogP contribution in [0.3, 0.4) is 0 Å². The van der Waals surface area contributed by atoms with Crippen molar-refractivity contribution >= 4 is 38.4 Å². The van der Waals surface area contributed by atoms with Crippen molar-refractivity contribution in [3.05, 3.63) is 77.9 Å². The van der Waals surface area contributed by atoms with E-state index in [2.05, 4.69) is 10.0 Å². The number of piperidine rings is 1. The molecule has 4 rings (SSSR count). The van der Waals surface area contributed by atoms with Crippen LogP contribution in [0, 0.1) is 5.41 Å². The zero-order valence-corrected chi connectivity index (χ0v) is 24.5. The third-order valence-corrected chi connectivity index (χ3v) is 9.05. The molecule has 1 heterocycles. The lowest BCUT2D eigenvalue weighted by Crippen LogP contribution is -2.55. The molecule has 224 valence electrons. The summed E-state index contributed by atoms with van der Waals surface area (Å²) in [5, 5.41) is 12.2. The van der Waals surface area contributed by atoms with Crippen molar-refractivity contribution in [2.45, 2.75) is 61.9 Å². The lowest BCUT2D eigenvalue weighted by molar-refractivity contribution is -0.137. The Balaban J connectivity index is 1.57. The number of rotatable bonds is 13. The SMILES string of the molecule is N=C(N)c1ccc(C[C@@H](NC(=O)[C@@H](CCCCN)NS(=O)(=O)c2ccc3ccccc3c2)C(=O)N2CCCCC2)cc1. The molecule has 2 atom stereocenters. The number of nitrogens with two attached hydrogens (primary N) is 2. The highest BCUT2D eigenvalue weighted by Crippen LogP contribution is 2.20. The Labute approximate surface area is 247 Å².